The van der Waals surface area contributed by atoms with Crippen molar-refractivity contribution in [1.29, 1.82) is 0 Å². The zero-order chi connectivity index (χ0) is 9.90. The van der Waals surface area contributed by atoms with Crippen LogP contribution in [0.3, 0.4) is 0 Å². The van der Waals surface area contributed by atoms with Crippen LogP contribution in [0.25, 0.3) is 0 Å². The second-order valence-corrected chi connectivity index (χ2v) is 3.35. The van der Waals surface area contributed by atoms with Gasteiger partial charge in [-0.3, -0.25) is 4.90 Å². The molecule has 1 unspecified atom stereocenters. The van der Waals surface area contributed by atoms with Crippen molar-refractivity contribution >= 4 is 5.97 Å². The van der Waals surface area contributed by atoms with Crippen molar-refractivity contribution in [3.05, 3.63) is 0 Å². The van der Waals surface area contributed by atoms with E-state index in [1.807, 2.05) is 13.8 Å². The van der Waals surface area contributed by atoms with Crippen LogP contribution < -0.4 is 0 Å². The molecule has 1 fully saturated rings. The third kappa shape index (κ3) is 2.00. The van der Waals surface area contributed by atoms with Gasteiger partial charge in [-0.05, 0) is 13.5 Å². The summed E-state index contributed by atoms with van der Waals surface area (Å²) in [5, 5.41) is 9.06. The summed E-state index contributed by atoms with van der Waals surface area (Å²) in [5.74, 6) is -0.828. The van der Waals surface area contributed by atoms with Crippen LogP contribution in [0.5, 0.6) is 0 Å². The lowest BCUT2D eigenvalue weighted by atomic mass is 10.0. The highest BCUT2D eigenvalue weighted by Crippen LogP contribution is 2.25. The molecule has 0 saturated carbocycles. The van der Waals surface area contributed by atoms with Crippen molar-refractivity contribution < 1.29 is 14.6 Å². The van der Waals surface area contributed by atoms with Crippen LogP contribution in [0, 0.1) is 0 Å². The van der Waals surface area contributed by atoms with Crippen LogP contribution in [0.1, 0.15) is 20.3 Å². The highest BCUT2D eigenvalue weighted by atomic mass is 16.5. The van der Waals surface area contributed by atoms with Crippen LogP contribution in [0.2, 0.25) is 0 Å². The molecule has 0 aliphatic carbocycles. The zero-order valence-electron chi connectivity index (χ0n) is 8.25. The molecule has 1 rings (SSSR count). The molecular formula is C9H17NO3. The number of carboxylic acids is 1. The Kier molecular flexibility index (Phi) is 3.27. The Bertz CT molecular complexity index is 195. The highest BCUT2D eigenvalue weighted by Gasteiger charge is 2.45. The van der Waals surface area contributed by atoms with Gasteiger partial charge in [0, 0.05) is 26.1 Å². The van der Waals surface area contributed by atoms with E-state index in [1.165, 1.54) is 0 Å². The Morgan fingerprint density at radius 3 is 2.69 bits per heavy atom. The summed E-state index contributed by atoms with van der Waals surface area (Å²) in [6, 6.07) is 0. The zero-order valence-corrected chi connectivity index (χ0v) is 8.25. The van der Waals surface area contributed by atoms with Gasteiger partial charge in [-0.1, -0.05) is 6.92 Å². The van der Waals surface area contributed by atoms with Gasteiger partial charge in [0.2, 0.25) is 0 Å². The molecule has 76 valence electrons. The quantitative estimate of drug-likeness (QED) is 0.699. The summed E-state index contributed by atoms with van der Waals surface area (Å²) in [4.78, 5) is 13.1. The predicted molar refractivity (Wildman–Crippen MR) is 48.7 cm³/mol. The smallest absolute Gasteiger partial charge is 0.337 e. The Labute approximate surface area is 78.5 Å². The van der Waals surface area contributed by atoms with E-state index in [1.54, 1.807) is 0 Å². The molecule has 1 heterocycles. The number of hydrogen-bond donors (Lipinski definition) is 1. The second kappa shape index (κ2) is 4.07. The average Bonchev–Trinajstić information content (AvgIpc) is 2.50. The maximum Gasteiger partial charge on any atom is 0.337 e. The lowest BCUT2D eigenvalue weighted by Crippen LogP contribution is -2.44. The van der Waals surface area contributed by atoms with Crippen LogP contribution in [-0.4, -0.2) is 47.8 Å². The molecule has 0 aromatic carbocycles. The first kappa shape index (κ1) is 10.5. The molecule has 4 heteroatoms. The summed E-state index contributed by atoms with van der Waals surface area (Å²) in [5.41, 5.74) is -0.940. The number of hydrogen-bond acceptors (Lipinski definition) is 3. The lowest BCUT2D eigenvalue weighted by molar-refractivity contribution is -0.163. The fraction of sp³-hybridized carbons (Fsp3) is 0.889. The van der Waals surface area contributed by atoms with E-state index in [4.69, 9.17) is 9.84 Å². The molecule has 1 atom stereocenters. The molecule has 1 aliphatic heterocycles. The van der Waals surface area contributed by atoms with E-state index < -0.39 is 11.6 Å². The lowest BCUT2D eigenvalue weighted by Gasteiger charge is -2.24. The molecule has 4 nitrogen and oxygen atoms in total. The number of likely N-dealkylation sites (N-methyl/N-ethyl adjacent to an activating group) is 1. The highest BCUT2D eigenvalue weighted by molar-refractivity contribution is 5.78. The average molecular weight is 187 g/mol. The number of aliphatic carboxylic acids is 1. The summed E-state index contributed by atoms with van der Waals surface area (Å²) in [6.07, 6.45) is 0.601. The number of carboxylic acid groups (broad SMARTS) is 1. The monoisotopic (exact) mass is 187 g/mol. The predicted octanol–water partition coefficient (Wildman–Crippen LogP) is 0.572. The van der Waals surface area contributed by atoms with Crippen molar-refractivity contribution in [2.45, 2.75) is 25.9 Å². The maximum absolute atomic E-state index is 11.0. The fourth-order valence-corrected chi connectivity index (χ4v) is 1.76. The molecule has 1 aliphatic rings. The largest absolute Gasteiger partial charge is 0.479 e. The van der Waals surface area contributed by atoms with E-state index in [2.05, 4.69) is 4.90 Å². The number of rotatable bonds is 4. The number of carbonyl (C=O) groups is 1. The minimum absolute atomic E-state index is 0.462. The number of nitrogens with zero attached hydrogens (tertiary/aromatic N) is 1. The van der Waals surface area contributed by atoms with E-state index in [-0.39, 0.29) is 0 Å². The summed E-state index contributed by atoms with van der Waals surface area (Å²) in [7, 11) is 0. The van der Waals surface area contributed by atoms with Gasteiger partial charge in [-0.25, -0.2) is 4.79 Å². The van der Waals surface area contributed by atoms with Gasteiger partial charge in [0.15, 0.2) is 5.60 Å². The van der Waals surface area contributed by atoms with Gasteiger partial charge in [0.25, 0.3) is 0 Å². The fourth-order valence-electron chi connectivity index (χ4n) is 1.76. The van der Waals surface area contributed by atoms with E-state index in [9.17, 15) is 4.79 Å². The van der Waals surface area contributed by atoms with Gasteiger partial charge in [0.05, 0.1) is 0 Å². The standard InChI is InChI=1S/C9H17NO3/c1-3-10-6-5-9(7-10,8(11)12)13-4-2/h3-7H2,1-2H3,(H,11,12). The molecule has 0 aromatic heterocycles. The van der Waals surface area contributed by atoms with Crippen LogP contribution in [0.15, 0.2) is 0 Å². The molecule has 0 radical (unpaired) electrons. The third-order valence-corrected chi connectivity index (χ3v) is 2.57. The molecule has 13 heavy (non-hydrogen) atoms. The molecule has 1 saturated heterocycles. The minimum Gasteiger partial charge on any atom is -0.479 e. The van der Waals surface area contributed by atoms with Crippen LogP contribution in [-0.2, 0) is 9.53 Å². The summed E-state index contributed by atoms with van der Waals surface area (Å²) in [6.45, 7) is 6.56. The van der Waals surface area contributed by atoms with Crippen LogP contribution >= 0.6 is 0 Å². The van der Waals surface area contributed by atoms with E-state index >= 15 is 0 Å². The Morgan fingerprint density at radius 1 is 1.62 bits per heavy atom. The summed E-state index contributed by atoms with van der Waals surface area (Å²) >= 11 is 0. The Balaban J connectivity index is 2.65. The number of likely N-dealkylation sites (tertiary alicyclic amines) is 1. The molecule has 1 N–H and O–H groups in total. The van der Waals surface area contributed by atoms with E-state index in [0.717, 1.165) is 13.1 Å². The minimum atomic E-state index is -0.940. The van der Waals surface area contributed by atoms with Gasteiger partial charge in [-0.15, -0.1) is 0 Å². The normalized spacial score (nSPS) is 29.4. The SMILES string of the molecule is CCOC1(C(=O)O)CCN(CC)C1. The maximum atomic E-state index is 11.0. The first-order valence-electron chi connectivity index (χ1n) is 4.74. The molecular weight excluding hydrogens is 170 g/mol. The molecule has 0 aromatic rings. The molecule has 0 amide bonds. The van der Waals surface area contributed by atoms with Crippen LogP contribution in [0.4, 0.5) is 0 Å². The van der Waals surface area contributed by atoms with Gasteiger partial charge in [-0.2, -0.15) is 0 Å². The third-order valence-electron chi connectivity index (χ3n) is 2.57. The van der Waals surface area contributed by atoms with Gasteiger partial charge >= 0.3 is 5.97 Å². The van der Waals surface area contributed by atoms with Crippen molar-refractivity contribution in [3.63, 3.8) is 0 Å². The molecule has 0 bridgehead atoms. The van der Waals surface area contributed by atoms with Crippen molar-refractivity contribution in [1.82, 2.24) is 4.90 Å². The van der Waals surface area contributed by atoms with Crippen molar-refractivity contribution in [3.8, 4) is 0 Å². The van der Waals surface area contributed by atoms with Crippen molar-refractivity contribution in [2.24, 2.45) is 0 Å². The Hall–Kier alpha value is -0.610. The topological polar surface area (TPSA) is 49.8 Å². The van der Waals surface area contributed by atoms with Gasteiger partial charge < -0.3 is 9.84 Å². The Morgan fingerprint density at radius 2 is 2.31 bits per heavy atom. The first-order valence-corrected chi connectivity index (χ1v) is 4.74. The van der Waals surface area contributed by atoms with Crippen molar-refractivity contribution in [2.75, 3.05) is 26.2 Å². The summed E-state index contributed by atoms with van der Waals surface area (Å²) < 4.78 is 5.34. The van der Waals surface area contributed by atoms with Gasteiger partial charge in [0.1, 0.15) is 0 Å². The molecule has 0 spiro atoms. The first-order chi connectivity index (χ1) is 6.14. The number of ether oxygens (including phenoxy) is 1. The second-order valence-electron chi connectivity index (χ2n) is 3.35. The van der Waals surface area contributed by atoms with E-state index in [0.29, 0.717) is 19.6 Å².